The molecule has 2 aromatic rings. The Kier molecular flexibility index (Phi) is 4.91. The van der Waals surface area contributed by atoms with E-state index in [0.29, 0.717) is 17.3 Å². The Morgan fingerprint density at radius 1 is 1.26 bits per heavy atom. The predicted molar refractivity (Wildman–Crippen MR) is 89.5 cm³/mol. The Bertz CT molecular complexity index is 662. The van der Waals surface area contributed by atoms with Crippen LogP contribution in [0.2, 0.25) is 0 Å². The fourth-order valence-electron chi connectivity index (χ4n) is 3.30. The molecule has 1 aliphatic carbocycles. The molecule has 0 bridgehead atoms. The lowest BCUT2D eigenvalue weighted by molar-refractivity contribution is 0.0769. The second kappa shape index (κ2) is 7.08. The zero-order valence-electron chi connectivity index (χ0n) is 14.0. The number of nitrogens with zero attached hydrogens (tertiary/aromatic N) is 5. The third-order valence-corrected chi connectivity index (χ3v) is 4.84. The highest BCUT2D eigenvalue weighted by Gasteiger charge is 2.21. The minimum absolute atomic E-state index is 0.0178. The zero-order valence-corrected chi connectivity index (χ0v) is 14.0. The van der Waals surface area contributed by atoms with Crippen LogP contribution in [0.25, 0.3) is 5.65 Å². The first-order valence-electron chi connectivity index (χ1n) is 8.41. The number of carbonyl (C=O) groups is 1. The summed E-state index contributed by atoms with van der Waals surface area (Å²) in [6.07, 6.45) is 11.7. The molecule has 0 atom stereocenters. The van der Waals surface area contributed by atoms with E-state index < -0.39 is 0 Å². The van der Waals surface area contributed by atoms with Crippen LogP contribution in [0.5, 0.6) is 0 Å². The standard InChI is InChI=1S/C17H25N5O/c1-20(14-7-4-3-5-8-14)11-12-21(2)17(23)15-13-19-22-10-6-9-18-16(15)22/h6,9-10,13-14H,3-5,7-8,11-12H2,1-2H3. The van der Waals surface area contributed by atoms with Gasteiger partial charge in [0.05, 0.1) is 6.20 Å². The Balaban J connectivity index is 1.59. The molecule has 0 saturated heterocycles. The van der Waals surface area contributed by atoms with Crippen LogP contribution < -0.4 is 0 Å². The van der Waals surface area contributed by atoms with Crippen molar-refractivity contribution < 1.29 is 4.79 Å². The summed E-state index contributed by atoms with van der Waals surface area (Å²) in [6.45, 7) is 1.62. The summed E-state index contributed by atoms with van der Waals surface area (Å²) in [5, 5.41) is 4.19. The van der Waals surface area contributed by atoms with Crippen LogP contribution in [0.15, 0.2) is 24.7 Å². The van der Waals surface area contributed by atoms with Gasteiger partial charge in [-0.15, -0.1) is 0 Å². The van der Waals surface area contributed by atoms with Crippen molar-refractivity contribution in [3.8, 4) is 0 Å². The van der Waals surface area contributed by atoms with Crippen molar-refractivity contribution in [2.24, 2.45) is 0 Å². The largest absolute Gasteiger partial charge is 0.340 e. The third kappa shape index (κ3) is 3.52. The van der Waals surface area contributed by atoms with E-state index in [9.17, 15) is 4.79 Å². The van der Waals surface area contributed by atoms with Crippen LogP contribution >= 0.6 is 0 Å². The molecular formula is C17H25N5O. The van der Waals surface area contributed by atoms with Gasteiger partial charge in [-0.3, -0.25) is 4.79 Å². The molecule has 2 heterocycles. The zero-order chi connectivity index (χ0) is 16.2. The van der Waals surface area contributed by atoms with Gasteiger partial charge in [0.1, 0.15) is 5.56 Å². The minimum Gasteiger partial charge on any atom is -0.340 e. The second-order valence-corrected chi connectivity index (χ2v) is 6.45. The number of rotatable bonds is 5. The summed E-state index contributed by atoms with van der Waals surface area (Å²) < 4.78 is 1.63. The first-order valence-corrected chi connectivity index (χ1v) is 8.41. The fraction of sp³-hybridized carbons (Fsp3) is 0.588. The molecular weight excluding hydrogens is 290 g/mol. The number of likely N-dealkylation sites (N-methyl/N-ethyl adjacent to an activating group) is 2. The molecule has 1 fully saturated rings. The number of hydrogen-bond acceptors (Lipinski definition) is 4. The molecule has 3 rings (SSSR count). The summed E-state index contributed by atoms with van der Waals surface area (Å²) in [5.41, 5.74) is 1.18. The minimum atomic E-state index is -0.0178. The van der Waals surface area contributed by atoms with Crippen molar-refractivity contribution in [1.82, 2.24) is 24.4 Å². The van der Waals surface area contributed by atoms with Crippen molar-refractivity contribution in [1.29, 1.82) is 0 Å². The van der Waals surface area contributed by atoms with E-state index in [0.717, 1.165) is 13.1 Å². The average molecular weight is 315 g/mol. The Hall–Kier alpha value is -1.95. The third-order valence-electron chi connectivity index (χ3n) is 4.84. The Labute approximate surface area is 137 Å². The smallest absolute Gasteiger partial charge is 0.259 e. The van der Waals surface area contributed by atoms with E-state index in [4.69, 9.17) is 0 Å². The fourth-order valence-corrected chi connectivity index (χ4v) is 3.30. The van der Waals surface area contributed by atoms with Gasteiger partial charge in [-0.2, -0.15) is 5.10 Å². The first-order chi connectivity index (χ1) is 11.2. The second-order valence-electron chi connectivity index (χ2n) is 6.45. The molecule has 0 aliphatic heterocycles. The van der Waals surface area contributed by atoms with Gasteiger partial charge in [-0.25, -0.2) is 9.50 Å². The normalized spacial score (nSPS) is 16.1. The molecule has 1 amide bonds. The van der Waals surface area contributed by atoms with E-state index >= 15 is 0 Å². The van der Waals surface area contributed by atoms with Gasteiger partial charge >= 0.3 is 0 Å². The molecule has 1 aliphatic rings. The summed E-state index contributed by atoms with van der Waals surface area (Å²) >= 11 is 0. The van der Waals surface area contributed by atoms with E-state index in [1.165, 1.54) is 32.1 Å². The van der Waals surface area contributed by atoms with Crippen LogP contribution in [-0.4, -0.2) is 63.5 Å². The number of carbonyl (C=O) groups excluding carboxylic acids is 1. The Morgan fingerprint density at radius 3 is 2.83 bits per heavy atom. The molecule has 1 saturated carbocycles. The van der Waals surface area contributed by atoms with Crippen LogP contribution in [-0.2, 0) is 0 Å². The maximum atomic E-state index is 12.6. The summed E-state index contributed by atoms with van der Waals surface area (Å²) in [6, 6.07) is 2.47. The van der Waals surface area contributed by atoms with E-state index in [1.807, 2.05) is 7.05 Å². The van der Waals surface area contributed by atoms with Crippen LogP contribution in [0, 0.1) is 0 Å². The van der Waals surface area contributed by atoms with Crippen molar-refractivity contribution in [3.63, 3.8) is 0 Å². The molecule has 0 spiro atoms. The highest BCUT2D eigenvalue weighted by atomic mass is 16.2. The molecule has 0 N–H and O–H groups in total. The van der Waals surface area contributed by atoms with Gasteiger partial charge in [0.2, 0.25) is 0 Å². The lowest BCUT2D eigenvalue weighted by Gasteiger charge is -2.32. The lowest BCUT2D eigenvalue weighted by Crippen LogP contribution is -2.40. The highest BCUT2D eigenvalue weighted by Crippen LogP contribution is 2.21. The average Bonchev–Trinajstić information content (AvgIpc) is 3.03. The molecule has 0 unspecified atom stereocenters. The maximum Gasteiger partial charge on any atom is 0.259 e. The lowest BCUT2D eigenvalue weighted by atomic mass is 9.94. The maximum absolute atomic E-state index is 12.6. The Morgan fingerprint density at radius 2 is 2.04 bits per heavy atom. The van der Waals surface area contributed by atoms with E-state index in [-0.39, 0.29) is 5.91 Å². The number of fused-ring (bicyclic) bond motifs is 1. The van der Waals surface area contributed by atoms with Crippen LogP contribution in [0.1, 0.15) is 42.5 Å². The quantitative estimate of drug-likeness (QED) is 0.847. The van der Waals surface area contributed by atoms with Crippen molar-refractivity contribution >= 4 is 11.6 Å². The SMILES string of the molecule is CN(CCN(C)C1CCCCC1)C(=O)c1cnn2cccnc12. The predicted octanol–water partition coefficient (Wildman–Crippen LogP) is 2.07. The summed E-state index contributed by atoms with van der Waals surface area (Å²) in [5.74, 6) is -0.0178. The van der Waals surface area contributed by atoms with Gasteiger partial charge in [-0.05, 0) is 26.0 Å². The first kappa shape index (κ1) is 15.9. The van der Waals surface area contributed by atoms with Gasteiger partial charge in [0, 0.05) is 38.6 Å². The van der Waals surface area contributed by atoms with Crippen LogP contribution in [0.3, 0.4) is 0 Å². The molecule has 0 radical (unpaired) electrons. The van der Waals surface area contributed by atoms with Crippen molar-refractivity contribution in [2.45, 2.75) is 38.1 Å². The summed E-state index contributed by atoms with van der Waals surface area (Å²) in [4.78, 5) is 21.0. The molecule has 124 valence electrons. The highest BCUT2D eigenvalue weighted by molar-refractivity contribution is 5.99. The van der Waals surface area contributed by atoms with Gasteiger partial charge in [0.15, 0.2) is 5.65 Å². The monoisotopic (exact) mass is 315 g/mol. The van der Waals surface area contributed by atoms with Crippen molar-refractivity contribution in [3.05, 3.63) is 30.2 Å². The number of hydrogen-bond donors (Lipinski definition) is 0. The number of amides is 1. The summed E-state index contributed by atoms with van der Waals surface area (Å²) in [7, 11) is 4.02. The van der Waals surface area contributed by atoms with E-state index in [1.54, 1.807) is 34.1 Å². The van der Waals surface area contributed by atoms with Gasteiger partial charge in [-0.1, -0.05) is 19.3 Å². The van der Waals surface area contributed by atoms with Crippen LogP contribution in [0.4, 0.5) is 0 Å². The molecule has 0 aromatic carbocycles. The molecule has 6 heteroatoms. The molecule has 6 nitrogen and oxygen atoms in total. The van der Waals surface area contributed by atoms with Gasteiger partial charge < -0.3 is 9.80 Å². The molecule has 2 aromatic heterocycles. The number of aromatic nitrogens is 3. The van der Waals surface area contributed by atoms with E-state index in [2.05, 4.69) is 22.0 Å². The molecule has 23 heavy (non-hydrogen) atoms. The van der Waals surface area contributed by atoms with Gasteiger partial charge in [0.25, 0.3) is 5.91 Å². The van der Waals surface area contributed by atoms with Crippen molar-refractivity contribution in [2.75, 3.05) is 27.2 Å². The topological polar surface area (TPSA) is 53.7 Å².